The zero-order valence-corrected chi connectivity index (χ0v) is 19.3. The number of aryl methyl sites for hydroxylation is 1. The highest BCUT2D eigenvalue weighted by atomic mass is 19.1. The van der Waals surface area contributed by atoms with Crippen molar-refractivity contribution in [2.75, 3.05) is 43.4 Å². The van der Waals surface area contributed by atoms with Gasteiger partial charge in [0.25, 0.3) is 0 Å². The molecule has 0 amide bonds. The predicted octanol–water partition coefficient (Wildman–Crippen LogP) is 5.14. The Bertz CT molecular complexity index is 1330. The Morgan fingerprint density at radius 2 is 1.74 bits per heavy atom. The molecular weight excluding hydrogens is 438 g/mol. The van der Waals surface area contributed by atoms with Crippen LogP contribution in [0.1, 0.15) is 11.3 Å². The molecule has 2 N–H and O–H groups in total. The van der Waals surface area contributed by atoms with E-state index in [1.165, 1.54) is 12.0 Å². The van der Waals surface area contributed by atoms with Gasteiger partial charge >= 0.3 is 0 Å². The van der Waals surface area contributed by atoms with Crippen molar-refractivity contribution in [2.45, 2.75) is 13.8 Å². The number of likely N-dealkylation sites (N-methyl/N-ethyl adjacent to an activating group) is 1. The van der Waals surface area contributed by atoms with Crippen LogP contribution in [-0.2, 0) is 0 Å². The van der Waals surface area contributed by atoms with Crippen molar-refractivity contribution in [3.05, 3.63) is 65.6 Å². The van der Waals surface area contributed by atoms with Gasteiger partial charge in [0.15, 0.2) is 17.4 Å². The normalized spacial score (nSPS) is 14.6. The molecule has 0 radical (unpaired) electrons. The number of benzene rings is 2. The molecule has 0 aliphatic carbocycles. The first-order chi connectivity index (χ1) is 16.4. The summed E-state index contributed by atoms with van der Waals surface area (Å²) in [6, 6.07) is 10.7. The van der Waals surface area contributed by atoms with Crippen molar-refractivity contribution in [2.24, 2.45) is 0 Å². The summed E-state index contributed by atoms with van der Waals surface area (Å²) in [5.74, 6) is -0.792. The van der Waals surface area contributed by atoms with E-state index in [-0.39, 0.29) is 22.5 Å². The minimum Gasteiger partial charge on any atom is -0.435 e. The number of hydrogen-bond donors (Lipinski definition) is 2. The van der Waals surface area contributed by atoms with Crippen LogP contribution in [0, 0.1) is 25.5 Å². The van der Waals surface area contributed by atoms with Crippen molar-refractivity contribution >= 4 is 28.1 Å². The Balaban J connectivity index is 1.35. The number of ether oxygens (including phenoxy) is 1. The van der Waals surface area contributed by atoms with Gasteiger partial charge in [-0.2, -0.15) is 0 Å². The zero-order valence-electron chi connectivity index (χ0n) is 19.3. The van der Waals surface area contributed by atoms with Crippen molar-refractivity contribution in [3.8, 4) is 11.6 Å². The molecule has 176 valence electrons. The highest BCUT2D eigenvalue weighted by Gasteiger charge is 2.19. The number of nitrogens with one attached hydrogen (secondary N) is 2. The van der Waals surface area contributed by atoms with Gasteiger partial charge in [0.2, 0.25) is 5.88 Å². The molecule has 0 saturated carbocycles. The summed E-state index contributed by atoms with van der Waals surface area (Å²) in [6.45, 7) is 7.60. The number of piperazine rings is 1. The first-order valence-corrected chi connectivity index (χ1v) is 11.2. The van der Waals surface area contributed by atoms with Crippen LogP contribution < -0.4 is 15.0 Å². The summed E-state index contributed by atoms with van der Waals surface area (Å²) in [6.07, 6.45) is 1.33. The second-order valence-electron chi connectivity index (χ2n) is 8.63. The minimum atomic E-state index is -0.646. The van der Waals surface area contributed by atoms with Crippen LogP contribution in [0.2, 0.25) is 0 Å². The van der Waals surface area contributed by atoms with E-state index in [4.69, 9.17) is 4.74 Å². The Kier molecular flexibility index (Phi) is 5.79. The Labute approximate surface area is 196 Å². The van der Waals surface area contributed by atoms with Crippen molar-refractivity contribution in [3.63, 3.8) is 0 Å². The summed E-state index contributed by atoms with van der Waals surface area (Å²) in [5.41, 5.74) is 3.38. The molecule has 0 unspecified atom stereocenters. The SMILES string of the molecule is Cc1cc2c(F)c(Oc3ncnc(Nc4ccc(N5CCN(C)CC5)cc4)c3C)cc(F)c2[nH]1. The minimum absolute atomic E-state index is 0.115. The van der Waals surface area contributed by atoms with E-state index in [0.29, 0.717) is 17.1 Å². The molecular formula is C25H26F2N6O. The van der Waals surface area contributed by atoms with Crippen molar-refractivity contribution < 1.29 is 13.5 Å². The molecule has 1 aliphatic heterocycles. The second-order valence-corrected chi connectivity index (χ2v) is 8.63. The second kappa shape index (κ2) is 8.90. The van der Waals surface area contributed by atoms with Crippen molar-refractivity contribution in [1.29, 1.82) is 0 Å². The number of hydrogen-bond acceptors (Lipinski definition) is 6. The molecule has 1 fully saturated rings. The maximum atomic E-state index is 15.0. The van der Waals surface area contributed by atoms with Gasteiger partial charge in [-0.15, -0.1) is 0 Å². The van der Waals surface area contributed by atoms with Crippen molar-refractivity contribution in [1.82, 2.24) is 19.9 Å². The third kappa shape index (κ3) is 4.26. The van der Waals surface area contributed by atoms with Crippen LogP contribution in [0.15, 0.2) is 42.7 Å². The third-order valence-electron chi connectivity index (χ3n) is 6.14. The number of H-pyrrole nitrogens is 1. The summed E-state index contributed by atoms with van der Waals surface area (Å²) in [7, 11) is 2.14. The van der Waals surface area contributed by atoms with Gasteiger partial charge in [-0.25, -0.2) is 18.7 Å². The van der Waals surface area contributed by atoms with Crippen LogP contribution in [0.25, 0.3) is 10.9 Å². The molecule has 0 spiro atoms. The van der Waals surface area contributed by atoms with Gasteiger partial charge in [0.1, 0.15) is 12.1 Å². The largest absolute Gasteiger partial charge is 0.435 e. The van der Waals surface area contributed by atoms with Gasteiger partial charge in [-0.1, -0.05) is 0 Å². The Hall–Kier alpha value is -3.72. The lowest BCUT2D eigenvalue weighted by atomic mass is 10.2. The van der Waals surface area contributed by atoms with E-state index < -0.39 is 11.6 Å². The molecule has 7 nitrogen and oxygen atoms in total. The number of rotatable bonds is 5. The summed E-state index contributed by atoms with van der Waals surface area (Å²) in [4.78, 5) is 15.9. The van der Waals surface area contributed by atoms with Crippen LogP contribution >= 0.6 is 0 Å². The van der Waals surface area contributed by atoms with E-state index in [1.807, 2.05) is 12.1 Å². The number of nitrogens with zero attached hydrogens (tertiary/aromatic N) is 4. The Morgan fingerprint density at radius 1 is 1.00 bits per heavy atom. The third-order valence-corrected chi connectivity index (χ3v) is 6.14. The number of fused-ring (bicyclic) bond motifs is 1. The van der Waals surface area contributed by atoms with Crippen LogP contribution in [-0.4, -0.2) is 53.1 Å². The molecule has 34 heavy (non-hydrogen) atoms. The van der Waals surface area contributed by atoms with Crippen LogP contribution in [0.4, 0.5) is 26.0 Å². The molecule has 5 rings (SSSR count). The molecule has 3 heterocycles. The van der Waals surface area contributed by atoms with E-state index in [9.17, 15) is 8.78 Å². The highest BCUT2D eigenvalue weighted by Crippen LogP contribution is 2.34. The molecule has 9 heteroatoms. The van der Waals surface area contributed by atoms with E-state index in [2.05, 4.69) is 49.2 Å². The van der Waals surface area contributed by atoms with Crippen LogP contribution in [0.3, 0.4) is 0 Å². The summed E-state index contributed by atoms with van der Waals surface area (Å²) >= 11 is 0. The molecule has 0 bridgehead atoms. The molecule has 4 aromatic rings. The fourth-order valence-electron chi connectivity index (χ4n) is 4.13. The lowest BCUT2D eigenvalue weighted by Gasteiger charge is -2.34. The van der Waals surface area contributed by atoms with E-state index >= 15 is 0 Å². The average Bonchev–Trinajstić information content (AvgIpc) is 3.23. The number of halogens is 2. The van der Waals surface area contributed by atoms with Crippen LogP contribution in [0.5, 0.6) is 11.6 Å². The molecule has 1 saturated heterocycles. The maximum absolute atomic E-state index is 15.0. The van der Waals surface area contributed by atoms with Gasteiger partial charge in [-0.3, -0.25) is 0 Å². The zero-order chi connectivity index (χ0) is 23.8. The first-order valence-electron chi connectivity index (χ1n) is 11.2. The molecule has 2 aromatic heterocycles. The highest BCUT2D eigenvalue weighted by molar-refractivity contribution is 5.83. The summed E-state index contributed by atoms with van der Waals surface area (Å²) < 4.78 is 35.1. The smallest absolute Gasteiger partial charge is 0.227 e. The Morgan fingerprint density at radius 3 is 2.47 bits per heavy atom. The monoisotopic (exact) mass is 464 g/mol. The maximum Gasteiger partial charge on any atom is 0.227 e. The van der Waals surface area contributed by atoms with Gasteiger partial charge < -0.3 is 24.8 Å². The molecule has 2 aromatic carbocycles. The number of anilines is 3. The fraction of sp³-hybridized carbons (Fsp3) is 0.280. The van der Waals surface area contributed by atoms with E-state index in [1.54, 1.807) is 19.9 Å². The average molecular weight is 465 g/mol. The predicted molar refractivity (Wildman–Crippen MR) is 129 cm³/mol. The van der Waals surface area contributed by atoms with Gasteiger partial charge in [0, 0.05) is 54.7 Å². The quantitative estimate of drug-likeness (QED) is 0.426. The summed E-state index contributed by atoms with van der Waals surface area (Å²) in [5, 5.41) is 3.40. The molecule has 0 atom stereocenters. The number of aromatic amines is 1. The topological polar surface area (TPSA) is 69.3 Å². The molecule has 1 aliphatic rings. The van der Waals surface area contributed by atoms with Gasteiger partial charge in [0.05, 0.1) is 11.1 Å². The lowest BCUT2D eigenvalue weighted by Crippen LogP contribution is -2.44. The van der Waals surface area contributed by atoms with Gasteiger partial charge in [-0.05, 0) is 51.2 Å². The fourth-order valence-corrected chi connectivity index (χ4v) is 4.13. The van der Waals surface area contributed by atoms with E-state index in [0.717, 1.165) is 37.9 Å². The standard InChI is InChI=1S/C25H26F2N6O/c1-15-12-19-22(27)21(13-20(26)23(19)30-15)34-25-16(2)24(28-14-29-25)31-17-4-6-18(7-5-17)33-10-8-32(3)9-11-33/h4-7,12-14,30H,8-11H2,1-3H3,(H,28,29,31). The lowest BCUT2D eigenvalue weighted by molar-refractivity contribution is 0.313. The first kappa shape index (κ1) is 22.1. The number of aromatic nitrogens is 3.